The smallest absolute Gasteiger partial charge is 0.450 e. The Morgan fingerprint density at radius 2 is 1.65 bits per heavy atom. The molecule has 0 radical (unpaired) electrons. The molecule has 37 heavy (non-hydrogen) atoms. The zero-order valence-electron chi connectivity index (χ0n) is 19.4. The van der Waals surface area contributed by atoms with Crippen molar-refractivity contribution in [3.63, 3.8) is 0 Å². The van der Waals surface area contributed by atoms with Crippen molar-refractivity contribution >= 4 is 34.6 Å². The van der Waals surface area contributed by atoms with Crippen LogP contribution in [0.1, 0.15) is 11.3 Å². The van der Waals surface area contributed by atoms with Crippen LogP contribution in [0.3, 0.4) is 0 Å². The van der Waals surface area contributed by atoms with Gasteiger partial charge in [-0.2, -0.15) is 13.2 Å². The number of alkyl halides is 3. The van der Waals surface area contributed by atoms with Crippen LogP contribution in [0, 0.1) is 0 Å². The average Bonchev–Trinajstić information content (AvgIpc) is 2.87. The zero-order chi connectivity index (χ0) is 26.7. The number of carbonyl (C=O) groups excluding carboxylic acids is 1. The fraction of sp³-hybridized carbons (Fsp3) is 0.111. The first kappa shape index (κ1) is 25.8. The molecule has 10 heteroatoms. The number of benzene rings is 3. The summed E-state index contributed by atoms with van der Waals surface area (Å²) in [6.07, 6.45) is -2.37. The summed E-state index contributed by atoms with van der Waals surface area (Å²) < 4.78 is 62.2. The summed E-state index contributed by atoms with van der Waals surface area (Å²) in [6, 6.07) is 13.9. The largest absolute Gasteiger partial charge is 0.493 e. The van der Waals surface area contributed by atoms with Gasteiger partial charge in [-0.15, -0.1) is 0 Å². The molecule has 1 heterocycles. The molecule has 190 valence electrons. The molecule has 0 saturated heterocycles. The van der Waals surface area contributed by atoms with Crippen molar-refractivity contribution < 1.29 is 36.6 Å². The normalized spacial score (nSPS) is 11.6. The van der Waals surface area contributed by atoms with Crippen LogP contribution in [0.4, 0.5) is 13.2 Å². The molecule has 0 amide bonds. The highest BCUT2D eigenvalue weighted by Crippen LogP contribution is 2.38. The van der Waals surface area contributed by atoms with Gasteiger partial charge in [-0.25, -0.2) is 4.79 Å². The summed E-state index contributed by atoms with van der Waals surface area (Å²) in [5.41, 5.74) is -1.29. The third-order valence-corrected chi connectivity index (χ3v) is 5.54. The Bertz CT molecular complexity index is 1560. The van der Waals surface area contributed by atoms with Crippen molar-refractivity contribution in [1.82, 2.24) is 0 Å². The molecule has 0 bridgehead atoms. The van der Waals surface area contributed by atoms with Gasteiger partial charge in [-0.1, -0.05) is 29.8 Å². The maximum atomic E-state index is 13.8. The van der Waals surface area contributed by atoms with Gasteiger partial charge < -0.3 is 18.6 Å². The van der Waals surface area contributed by atoms with E-state index >= 15 is 0 Å². The monoisotopic (exact) mass is 530 g/mol. The van der Waals surface area contributed by atoms with Crippen LogP contribution in [0.2, 0.25) is 5.02 Å². The lowest BCUT2D eigenvalue weighted by Gasteiger charge is -2.13. The van der Waals surface area contributed by atoms with E-state index in [2.05, 4.69) is 0 Å². The standard InChI is InChI=1S/C27H18ClF3O6/c1-34-20-11-3-15(13-22(20)35-2)4-12-23(32)36-18-9-10-19-21(14-18)37-26(27(29,30)31)24(25(19)33)16-5-7-17(28)8-6-16/h3-14H,1-2H3. The second-order valence-electron chi connectivity index (χ2n) is 7.67. The summed E-state index contributed by atoms with van der Waals surface area (Å²) in [7, 11) is 2.97. The first-order valence-corrected chi connectivity index (χ1v) is 11.0. The maximum absolute atomic E-state index is 13.8. The van der Waals surface area contributed by atoms with Crippen molar-refractivity contribution in [2.24, 2.45) is 0 Å². The Kier molecular flexibility index (Phi) is 7.26. The number of carbonyl (C=O) groups is 1. The highest BCUT2D eigenvalue weighted by atomic mass is 35.5. The molecule has 0 unspecified atom stereocenters. The number of ether oxygens (including phenoxy) is 3. The Morgan fingerprint density at radius 1 is 0.946 bits per heavy atom. The highest BCUT2D eigenvalue weighted by Gasteiger charge is 2.39. The Hall–Kier alpha value is -4.24. The van der Waals surface area contributed by atoms with Gasteiger partial charge in [-0.3, -0.25) is 4.79 Å². The van der Waals surface area contributed by atoms with Crippen molar-refractivity contribution in [1.29, 1.82) is 0 Å². The summed E-state index contributed by atoms with van der Waals surface area (Å²) in [4.78, 5) is 25.4. The number of hydrogen-bond donors (Lipinski definition) is 0. The third kappa shape index (κ3) is 5.62. The minimum atomic E-state index is -4.96. The van der Waals surface area contributed by atoms with Crippen LogP contribution in [0.5, 0.6) is 17.2 Å². The fourth-order valence-corrected chi connectivity index (χ4v) is 3.71. The topological polar surface area (TPSA) is 75.0 Å². The van der Waals surface area contributed by atoms with Gasteiger partial charge in [0.2, 0.25) is 11.2 Å². The van der Waals surface area contributed by atoms with Crippen molar-refractivity contribution in [2.45, 2.75) is 6.18 Å². The van der Waals surface area contributed by atoms with E-state index in [-0.39, 0.29) is 22.3 Å². The molecule has 0 fully saturated rings. The van der Waals surface area contributed by atoms with E-state index < -0.39 is 28.9 Å². The summed E-state index contributed by atoms with van der Waals surface area (Å²) in [5.74, 6) is -1.40. The molecule has 0 aliphatic rings. The molecule has 6 nitrogen and oxygen atoms in total. The van der Waals surface area contributed by atoms with E-state index in [4.69, 9.17) is 30.2 Å². The summed E-state index contributed by atoms with van der Waals surface area (Å²) in [6.45, 7) is 0. The highest BCUT2D eigenvalue weighted by molar-refractivity contribution is 6.30. The average molecular weight is 531 g/mol. The SMILES string of the molecule is COc1ccc(C=CC(=O)Oc2ccc3c(=O)c(-c4ccc(Cl)cc4)c(C(F)(F)F)oc3c2)cc1OC. The number of hydrogen-bond acceptors (Lipinski definition) is 6. The first-order chi connectivity index (χ1) is 17.6. The van der Waals surface area contributed by atoms with E-state index in [0.717, 1.165) is 12.1 Å². The van der Waals surface area contributed by atoms with E-state index in [1.54, 1.807) is 18.2 Å². The Morgan fingerprint density at radius 3 is 2.30 bits per heavy atom. The van der Waals surface area contributed by atoms with Gasteiger partial charge in [0, 0.05) is 17.2 Å². The van der Waals surface area contributed by atoms with E-state index in [9.17, 15) is 22.8 Å². The van der Waals surface area contributed by atoms with E-state index in [1.807, 2.05) is 0 Å². The second kappa shape index (κ2) is 10.4. The number of methoxy groups -OCH3 is 2. The van der Waals surface area contributed by atoms with E-state index in [0.29, 0.717) is 22.1 Å². The van der Waals surface area contributed by atoms with Gasteiger partial charge >= 0.3 is 12.1 Å². The van der Waals surface area contributed by atoms with Crippen molar-refractivity contribution in [2.75, 3.05) is 14.2 Å². The van der Waals surface area contributed by atoms with Crippen molar-refractivity contribution in [3.8, 4) is 28.4 Å². The van der Waals surface area contributed by atoms with Crippen LogP contribution in [-0.4, -0.2) is 20.2 Å². The molecule has 0 saturated carbocycles. The quantitative estimate of drug-likeness (QED) is 0.156. The predicted octanol–water partition coefficient (Wildman–Crippen LogP) is 6.77. The molecule has 4 aromatic rings. The van der Waals surface area contributed by atoms with Gasteiger partial charge in [-0.05, 0) is 53.6 Å². The van der Waals surface area contributed by atoms with Crippen LogP contribution in [0.15, 0.2) is 76.0 Å². The Balaban J connectivity index is 1.66. The molecule has 3 aromatic carbocycles. The minimum absolute atomic E-state index is 0.00294. The molecule has 0 aliphatic heterocycles. The van der Waals surface area contributed by atoms with Crippen molar-refractivity contribution in [3.05, 3.63) is 93.3 Å². The summed E-state index contributed by atoms with van der Waals surface area (Å²) >= 11 is 5.83. The lowest BCUT2D eigenvalue weighted by Crippen LogP contribution is -2.16. The molecular formula is C27H18ClF3O6. The maximum Gasteiger partial charge on any atom is 0.450 e. The number of rotatable bonds is 6. The van der Waals surface area contributed by atoms with Crippen LogP contribution in [-0.2, 0) is 11.0 Å². The minimum Gasteiger partial charge on any atom is -0.493 e. The lowest BCUT2D eigenvalue weighted by atomic mass is 10.0. The van der Waals surface area contributed by atoms with Crippen LogP contribution >= 0.6 is 11.6 Å². The van der Waals surface area contributed by atoms with Gasteiger partial charge in [0.1, 0.15) is 11.3 Å². The number of halogens is 4. The van der Waals surface area contributed by atoms with Gasteiger partial charge in [0.05, 0.1) is 25.2 Å². The number of fused-ring (bicyclic) bond motifs is 1. The lowest BCUT2D eigenvalue weighted by molar-refractivity contribution is -0.152. The fourth-order valence-electron chi connectivity index (χ4n) is 3.59. The number of esters is 1. The molecule has 0 aliphatic carbocycles. The predicted molar refractivity (Wildman–Crippen MR) is 132 cm³/mol. The first-order valence-electron chi connectivity index (χ1n) is 10.7. The Labute approximate surface area is 213 Å². The zero-order valence-corrected chi connectivity index (χ0v) is 20.1. The van der Waals surface area contributed by atoms with Crippen LogP contribution < -0.4 is 19.6 Å². The second-order valence-corrected chi connectivity index (χ2v) is 8.10. The van der Waals surface area contributed by atoms with E-state index in [1.165, 1.54) is 56.7 Å². The molecular weight excluding hydrogens is 513 g/mol. The molecule has 0 atom stereocenters. The molecule has 0 spiro atoms. The summed E-state index contributed by atoms with van der Waals surface area (Å²) in [5, 5.41) is 0.188. The third-order valence-electron chi connectivity index (χ3n) is 5.29. The van der Waals surface area contributed by atoms with Crippen LogP contribution in [0.25, 0.3) is 28.2 Å². The molecule has 1 aromatic heterocycles. The molecule has 0 N–H and O–H groups in total. The molecule has 4 rings (SSSR count). The van der Waals surface area contributed by atoms with Gasteiger partial charge in [0.15, 0.2) is 11.5 Å². The van der Waals surface area contributed by atoms with Gasteiger partial charge in [0.25, 0.3) is 0 Å².